The minimum absolute atomic E-state index is 0.0336. The fourth-order valence-corrected chi connectivity index (χ4v) is 2.97. The number of β-amino-alcohol motifs (C(OH)–C–C–N with tert-alkyl or cyclic N) is 1. The van der Waals surface area contributed by atoms with Crippen LogP contribution in [0.2, 0.25) is 0 Å². The Labute approximate surface area is 87.6 Å². The van der Waals surface area contributed by atoms with Gasteiger partial charge in [0.15, 0.2) is 0 Å². The summed E-state index contributed by atoms with van der Waals surface area (Å²) in [6.07, 6.45) is 2.77. The molecule has 2 aliphatic rings. The van der Waals surface area contributed by atoms with Crippen molar-refractivity contribution in [2.24, 2.45) is 0 Å². The minimum atomic E-state index is -0.507. The van der Waals surface area contributed by atoms with Crippen LogP contribution in [0.15, 0.2) is 0 Å². The molecule has 1 N–H and O–H groups in total. The Bertz CT molecular complexity index is 211. The predicted molar refractivity (Wildman–Crippen MR) is 53.8 cm³/mol. The lowest BCUT2D eigenvalue weighted by Crippen LogP contribution is -2.36. The molecule has 0 aromatic carbocycles. The number of hydroxylamine groups is 2. The Morgan fingerprint density at radius 3 is 2.93 bits per heavy atom. The normalized spacial score (nSPS) is 33.4. The molecule has 14 heavy (non-hydrogen) atoms. The van der Waals surface area contributed by atoms with Crippen LogP contribution in [-0.2, 0) is 9.63 Å². The van der Waals surface area contributed by atoms with Crippen LogP contribution in [0.4, 0.5) is 0 Å². The summed E-state index contributed by atoms with van der Waals surface area (Å²) in [4.78, 5) is 16.9. The third kappa shape index (κ3) is 2.21. The number of carbonyl (C=O) groups is 1. The average Bonchev–Trinajstić information content (AvgIpc) is 2.65. The van der Waals surface area contributed by atoms with E-state index in [0.29, 0.717) is 6.54 Å². The van der Waals surface area contributed by atoms with Crippen LogP contribution in [0, 0.1) is 0 Å². The summed E-state index contributed by atoms with van der Waals surface area (Å²) in [5, 5.41) is 10.6. The first kappa shape index (κ1) is 10.3. The van der Waals surface area contributed by atoms with Gasteiger partial charge in [-0.15, -0.1) is 11.8 Å². The predicted octanol–water partition coefficient (Wildman–Crippen LogP) is 0.407. The van der Waals surface area contributed by atoms with Gasteiger partial charge in [0.1, 0.15) is 6.61 Å². The van der Waals surface area contributed by atoms with Crippen LogP contribution < -0.4 is 0 Å². The number of amides is 1. The zero-order valence-corrected chi connectivity index (χ0v) is 8.83. The summed E-state index contributed by atoms with van der Waals surface area (Å²) >= 11 is 1.71. The molecule has 0 aliphatic carbocycles. The number of carbonyl (C=O) groups excluding carboxylic acids is 1. The van der Waals surface area contributed by atoms with Gasteiger partial charge in [-0.25, -0.2) is 5.06 Å². The maximum absolute atomic E-state index is 11.8. The highest BCUT2D eigenvalue weighted by molar-refractivity contribution is 8.00. The fraction of sp³-hybridized carbons (Fsp3) is 0.889. The summed E-state index contributed by atoms with van der Waals surface area (Å²) in [5.74, 6) is 1.10. The molecule has 80 valence electrons. The maximum Gasteiger partial charge on any atom is 0.259 e. The molecule has 2 aliphatic heterocycles. The highest BCUT2D eigenvalue weighted by Gasteiger charge is 2.32. The van der Waals surface area contributed by atoms with Gasteiger partial charge >= 0.3 is 0 Å². The lowest BCUT2D eigenvalue weighted by molar-refractivity contribution is -0.168. The van der Waals surface area contributed by atoms with Crippen LogP contribution in [0.1, 0.15) is 19.3 Å². The zero-order chi connectivity index (χ0) is 9.97. The van der Waals surface area contributed by atoms with E-state index in [1.54, 1.807) is 11.8 Å². The summed E-state index contributed by atoms with van der Waals surface area (Å²) in [6, 6.07) is 0. The fourth-order valence-electron chi connectivity index (χ4n) is 1.72. The summed E-state index contributed by atoms with van der Waals surface area (Å²) in [6.45, 7) is 0.582. The number of thioether (sulfide) groups is 1. The molecule has 4 nitrogen and oxygen atoms in total. The second-order valence-corrected chi connectivity index (χ2v) is 5.01. The average molecular weight is 217 g/mol. The van der Waals surface area contributed by atoms with Crippen LogP contribution in [-0.4, -0.2) is 46.3 Å². The maximum atomic E-state index is 11.8. The van der Waals surface area contributed by atoms with Crippen molar-refractivity contribution in [3.8, 4) is 0 Å². The Morgan fingerprint density at radius 1 is 1.50 bits per heavy atom. The van der Waals surface area contributed by atoms with Crippen molar-refractivity contribution < 1.29 is 14.7 Å². The number of nitrogens with zero attached hydrogens (tertiary/aromatic N) is 1. The molecule has 2 fully saturated rings. The van der Waals surface area contributed by atoms with Crippen molar-refractivity contribution in [1.82, 2.24) is 5.06 Å². The molecular weight excluding hydrogens is 202 g/mol. The largest absolute Gasteiger partial charge is 0.389 e. The van der Waals surface area contributed by atoms with E-state index in [9.17, 15) is 9.90 Å². The molecule has 2 heterocycles. The molecule has 0 radical (unpaired) electrons. The number of aliphatic hydroxyl groups excluding tert-OH is 1. The van der Waals surface area contributed by atoms with Gasteiger partial charge in [-0.1, -0.05) is 6.42 Å². The standard InChI is InChI=1S/C9H15NO3S/c11-7-5-10(13-6-7)9(12)8-3-1-2-4-14-8/h7-8,11H,1-6H2. The van der Waals surface area contributed by atoms with E-state index >= 15 is 0 Å². The van der Waals surface area contributed by atoms with Gasteiger partial charge in [0.2, 0.25) is 0 Å². The number of rotatable bonds is 1. The highest BCUT2D eigenvalue weighted by Crippen LogP contribution is 2.27. The van der Waals surface area contributed by atoms with E-state index in [2.05, 4.69) is 0 Å². The molecule has 5 heteroatoms. The van der Waals surface area contributed by atoms with Crippen molar-refractivity contribution in [2.75, 3.05) is 18.9 Å². The van der Waals surface area contributed by atoms with Crippen molar-refractivity contribution in [1.29, 1.82) is 0 Å². The van der Waals surface area contributed by atoms with Crippen LogP contribution >= 0.6 is 11.8 Å². The Kier molecular flexibility index (Phi) is 3.30. The van der Waals surface area contributed by atoms with Crippen molar-refractivity contribution >= 4 is 17.7 Å². The Balaban J connectivity index is 1.87. The van der Waals surface area contributed by atoms with E-state index in [1.165, 1.54) is 11.5 Å². The summed E-state index contributed by atoms with van der Waals surface area (Å²) in [7, 11) is 0. The lowest BCUT2D eigenvalue weighted by atomic mass is 10.2. The van der Waals surface area contributed by atoms with E-state index in [0.717, 1.165) is 18.6 Å². The molecule has 0 aromatic heterocycles. The lowest BCUT2D eigenvalue weighted by Gasteiger charge is -2.24. The quantitative estimate of drug-likeness (QED) is 0.691. The van der Waals surface area contributed by atoms with E-state index < -0.39 is 6.10 Å². The van der Waals surface area contributed by atoms with Crippen LogP contribution in [0.5, 0.6) is 0 Å². The van der Waals surface area contributed by atoms with E-state index in [1.807, 2.05) is 0 Å². The topological polar surface area (TPSA) is 49.8 Å². The van der Waals surface area contributed by atoms with E-state index in [-0.39, 0.29) is 17.8 Å². The van der Waals surface area contributed by atoms with Crippen molar-refractivity contribution in [3.63, 3.8) is 0 Å². The highest BCUT2D eigenvalue weighted by atomic mass is 32.2. The van der Waals surface area contributed by atoms with Gasteiger partial charge in [-0.3, -0.25) is 9.63 Å². The number of hydrogen-bond acceptors (Lipinski definition) is 4. The Hall–Kier alpha value is -0.260. The number of aliphatic hydroxyl groups is 1. The molecular formula is C9H15NO3S. The van der Waals surface area contributed by atoms with Gasteiger partial charge in [0, 0.05) is 0 Å². The van der Waals surface area contributed by atoms with Crippen molar-refractivity contribution in [2.45, 2.75) is 30.6 Å². The van der Waals surface area contributed by atoms with Gasteiger partial charge in [0.05, 0.1) is 17.9 Å². The van der Waals surface area contributed by atoms with E-state index in [4.69, 9.17) is 4.84 Å². The third-order valence-corrected chi connectivity index (χ3v) is 3.86. The van der Waals surface area contributed by atoms with Crippen LogP contribution in [0.25, 0.3) is 0 Å². The first-order valence-electron chi connectivity index (χ1n) is 5.01. The molecule has 2 atom stereocenters. The monoisotopic (exact) mass is 217 g/mol. The van der Waals surface area contributed by atoms with Crippen LogP contribution in [0.3, 0.4) is 0 Å². The molecule has 2 unspecified atom stereocenters. The molecule has 0 saturated carbocycles. The molecule has 0 bridgehead atoms. The SMILES string of the molecule is O=C(C1CCCCS1)N1CC(O)CO1. The molecule has 1 amide bonds. The van der Waals surface area contributed by atoms with Crippen molar-refractivity contribution in [3.05, 3.63) is 0 Å². The van der Waals surface area contributed by atoms with Gasteiger partial charge in [-0.05, 0) is 18.6 Å². The smallest absolute Gasteiger partial charge is 0.259 e. The molecule has 2 rings (SSSR count). The first-order chi connectivity index (χ1) is 6.77. The molecule has 2 saturated heterocycles. The second-order valence-electron chi connectivity index (χ2n) is 3.70. The minimum Gasteiger partial charge on any atom is -0.389 e. The van der Waals surface area contributed by atoms with Gasteiger partial charge < -0.3 is 5.11 Å². The Morgan fingerprint density at radius 2 is 2.36 bits per heavy atom. The summed E-state index contributed by atoms with van der Waals surface area (Å²) in [5.41, 5.74) is 0. The summed E-state index contributed by atoms with van der Waals surface area (Å²) < 4.78 is 0. The zero-order valence-electron chi connectivity index (χ0n) is 8.02. The van der Waals surface area contributed by atoms with Gasteiger partial charge in [0.25, 0.3) is 5.91 Å². The molecule has 0 spiro atoms. The third-order valence-electron chi connectivity index (χ3n) is 2.50. The second kappa shape index (κ2) is 4.51. The first-order valence-corrected chi connectivity index (χ1v) is 6.06. The van der Waals surface area contributed by atoms with Gasteiger partial charge in [-0.2, -0.15) is 0 Å². The molecule has 0 aromatic rings. The number of hydrogen-bond donors (Lipinski definition) is 1.